The molecule has 3 rings (SSSR count). The molecule has 98 valence electrons. The predicted octanol–water partition coefficient (Wildman–Crippen LogP) is -0.0631. The second kappa shape index (κ2) is 5.61. The standard InChI is InChI=1S/C15H14NO2.HI/c1-16-7-5-11(6-8-16)15-10-12-9-13(17-2)3-4-14(12)18-15;/h3-10H,1-2H3;1H/q+1;/p-1. The summed E-state index contributed by atoms with van der Waals surface area (Å²) in [7, 11) is 3.66. The molecule has 0 aliphatic rings. The van der Waals surface area contributed by atoms with Crippen LogP contribution in [0.3, 0.4) is 0 Å². The maximum absolute atomic E-state index is 5.83. The van der Waals surface area contributed by atoms with Crippen LogP contribution in [-0.2, 0) is 7.05 Å². The van der Waals surface area contributed by atoms with Gasteiger partial charge in [-0.05, 0) is 24.3 Å². The van der Waals surface area contributed by atoms with E-state index in [4.69, 9.17) is 9.15 Å². The molecule has 0 saturated carbocycles. The fraction of sp³-hybridized carbons (Fsp3) is 0.133. The second-order valence-corrected chi connectivity index (χ2v) is 4.27. The smallest absolute Gasteiger partial charge is 0.169 e. The van der Waals surface area contributed by atoms with Crippen molar-refractivity contribution in [1.29, 1.82) is 0 Å². The van der Waals surface area contributed by atoms with Gasteiger partial charge in [-0.1, -0.05) is 0 Å². The van der Waals surface area contributed by atoms with Crippen molar-refractivity contribution in [2.45, 2.75) is 0 Å². The van der Waals surface area contributed by atoms with Crippen molar-refractivity contribution >= 4 is 11.0 Å². The lowest BCUT2D eigenvalue weighted by molar-refractivity contribution is -0.671. The summed E-state index contributed by atoms with van der Waals surface area (Å²) in [6.45, 7) is 0. The Hall–Kier alpha value is -1.56. The van der Waals surface area contributed by atoms with E-state index in [1.54, 1.807) is 7.11 Å². The molecule has 0 aliphatic carbocycles. The number of aromatic nitrogens is 1. The number of hydrogen-bond donors (Lipinski definition) is 0. The maximum atomic E-state index is 5.83. The lowest BCUT2D eigenvalue weighted by Crippen LogP contribution is -3.00. The minimum absolute atomic E-state index is 0. The summed E-state index contributed by atoms with van der Waals surface area (Å²) in [5, 5.41) is 1.05. The quantitative estimate of drug-likeness (QED) is 0.469. The van der Waals surface area contributed by atoms with Crippen molar-refractivity contribution in [3.8, 4) is 17.1 Å². The molecule has 0 aliphatic heterocycles. The molecular weight excluding hydrogens is 353 g/mol. The minimum Gasteiger partial charge on any atom is -1.00 e. The lowest BCUT2D eigenvalue weighted by atomic mass is 10.2. The molecule has 3 aromatic rings. The highest BCUT2D eigenvalue weighted by atomic mass is 127. The van der Waals surface area contributed by atoms with Gasteiger partial charge in [0.2, 0.25) is 0 Å². The van der Waals surface area contributed by atoms with Crippen LogP contribution in [0, 0.1) is 0 Å². The summed E-state index contributed by atoms with van der Waals surface area (Å²) in [4.78, 5) is 0. The number of nitrogens with zero attached hydrogens (tertiary/aromatic N) is 1. The molecule has 2 aromatic heterocycles. The lowest BCUT2D eigenvalue weighted by Gasteiger charge is -1.96. The summed E-state index contributed by atoms with van der Waals surface area (Å²) >= 11 is 0. The molecule has 0 fully saturated rings. The molecule has 0 radical (unpaired) electrons. The number of furan rings is 1. The Kier molecular flexibility index (Phi) is 4.09. The van der Waals surface area contributed by atoms with E-state index in [0.717, 1.165) is 28.0 Å². The first-order valence-corrected chi connectivity index (χ1v) is 5.79. The average Bonchev–Trinajstić information content (AvgIpc) is 2.82. The molecule has 3 nitrogen and oxygen atoms in total. The number of aryl methyl sites for hydroxylation is 1. The molecule has 0 saturated heterocycles. The maximum Gasteiger partial charge on any atom is 0.169 e. The van der Waals surface area contributed by atoms with E-state index in [2.05, 4.69) is 0 Å². The van der Waals surface area contributed by atoms with Gasteiger partial charge in [-0.3, -0.25) is 0 Å². The average molecular weight is 367 g/mol. The molecule has 0 bridgehead atoms. The van der Waals surface area contributed by atoms with Gasteiger partial charge in [0.25, 0.3) is 0 Å². The van der Waals surface area contributed by atoms with E-state index < -0.39 is 0 Å². The first-order chi connectivity index (χ1) is 8.76. The number of pyridine rings is 1. The zero-order valence-electron chi connectivity index (χ0n) is 10.8. The zero-order valence-corrected chi connectivity index (χ0v) is 12.9. The molecule has 2 heterocycles. The van der Waals surface area contributed by atoms with Crippen LogP contribution in [-0.4, -0.2) is 7.11 Å². The van der Waals surface area contributed by atoms with Crippen LogP contribution in [0.2, 0.25) is 0 Å². The van der Waals surface area contributed by atoms with Crippen molar-refractivity contribution in [1.82, 2.24) is 0 Å². The van der Waals surface area contributed by atoms with Crippen molar-refractivity contribution in [2.24, 2.45) is 7.05 Å². The second-order valence-electron chi connectivity index (χ2n) is 4.27. The molecule has 0 N–H and O–H groups in total. The Morgan fingerprint density at radius 2 is 1.79 bits per heavy atom. The van der Waals surface area contributed by atoms with Crippen molar-refractivity contribution in [2.75, 3.05) is 7.11 Å². The number of halogens is 1. The SMILES string of the molecule is COc1ccc2oc(-c3cc[n+](C)cc3)cc2c1.[I-]. The van der Waals surface area contributed by atoms with Crippen molar-refractivity contribution in [3.05, 3.63) is 48.8 Å². The molecule has 0 amide bonds. The van der Waals surface area contributed by atoms with E-state index >= 15 is 0 Å². The summed E-state index contributed by atoms with van der Waals surface area (Å²) in [5.41, 5.74) is 1.95. The number of rotatable bonds is 2. The van der Waals surface area contributed by atoms with Crippen molar-refractivity contribution in [3.63, 3.8) is 0 Å². The summed E-state index contributed by atoms with van der Waals surface area (Å²) < 4.78 is 13.0. The highest BCUT2D eigenvalue weighted by Gasteiger charge is 2.08. The van der Waals surface area contributed by atoms with Crippen LogP contribution in [0.4, 0.5) is 0 Å². The summed E-state index contributed by atoms with van der Waals surface area (Å²) in [6, 6.07) is 11.9. The van der Waals surface area contributed by atoms with E-state index in [1.165, 1.54) is 0 Å². The van der Waals surface area contributed by atoms with E-state index in [9.17, 15) is 0 Å². The topological polar surface area (TPSA) is 26.2 Å². The zero-order chi connectivity index (χ0) is 12.5. The van der Waals surface area contributed by atoms with Gasteiger partial charge in [-0.2, -0.15) is 0 Å². The molecule has 1 aromatic carbocycles. The van der Waals surface area contributed by atoms with Gasteiger partial charge < -0.3 is 33.1 Å². The largest absolute Gasteiger partial charge is 1.00 e. The van der Waals surface area contributed by atoms with Gasteiger partial charge in [0, 0.05) is 23.1 Å². The van der Waals surface area contributed by atoms with Gasteiger partial charge in [0.15, 0.2) is 12.4 Å². The Labute approximate surface area is 128 Å². The third-order valence-electron chi connectivity index (χ3n) is 2.99. The number of benzene rings is 1. The van der Waals surface area contributed by atoms with E-state index in [1.807, 2.05) is 60.4 Å². The number of fused-ring (bicyclic) bond motifs is 1. The third kappa shape index (κ3) is 2.73. The van der Waals surface area contributed by atoms with Gasteiger partial charge >= 0.3 is 0 Å². The Bertz CT molecular complexity index is 689. The molecule has 0 unspecified atom stereocenters. The number of hydrogen-bond acceptors (Lipinski definition) is 2. The highest BCUT2D eigenvalue weighted by Crippen LogP contribution is 2.29. The number of ether oxygens (including phenoxy) is 1. The van der Waals surface area contributed by atoms with E-state index in [-0.39, 0.29) is 24.0 Å². The highest BCUT2D eigenvalue weighted by molar-refractivity contribution is 5.83. The van der Waals surface area contributed by atoms with Crippen molar-refractivity contribution < 1.29 is 37.7 Å². The minimum atomic E-state index is 0. The number of methoxy groups -OCH3 is 1. The Morgan fingerprint density at radius 3 is 2.47 bits per heavy atom. The fourth-order valence-corrected chi connectivity index (χ4v) is 1.96. The monoisotopic (exact) mass is 367 g/mol. The molecule has 19 heavy (non-hydrogen) atoms. The van der Waals surface area contributed by atoms with Gasteiger partial charge in [-0.25, -0.2) is 4.57 Å². The Morgan fingerprint density at radius 1 is 1.05 bits per heavy atom. The third-order valence-corrected chi connectivity index (χ3v) is 2.99. The van der Waals surface area contributed by atoms with Gasteiger partial charge in [0.1, 0.15) is 24.1 Å². The first kappa shape index (κ1) is 13.9. The summed E-state index contributed by atoms with van der Waals surface area (Å²) in [5.74, 6) is 1.72. The molecule has 0 atom stereocenters. The van der Waals surface area contributed by atoms with Gasteiger partial charge in [-0.15, -0.1) is 0 Å². The summed E-state index contributed by atoms with van der Waals surface area (Å²) in [6.07, 6.45) is 4.01. The predicted molar refractivity (Wildman–Crippen MR) is 69.4 cm³/mol. The normalized spacial score (nSPS) is 10.2. The molecule has 0 spiro atoms. The first-order valence-electron chi connectivity index (χ1n) is 5.79. The van der Waals surface area contributed by atoms with Crippen LogP contribution in [0.25, 0.3) is 22.3 Å². The van der Waals surface area contributed by atoms with Crippen LogP contribution >= 0.6 is 0 Å². The van der Waals surface area contributed by atoms with E-state index in [0.29, 0.717) is 0 Å². The van der Waals surface area contributed by atoms with Crippen LogP contribution in [0.1, 0.15) is 0 Å². The molecular formula is C15H14INO2. The molecule has 4 heteroatoms. The van der Waals surface area contributed by atoms with Gasteiger partial charge in [0.05, 0.1) is 7.11 Å². The van der Waals surface area contributed by atoms with Crippen LogP contribution in [0.15, 0.2) is 53.2 Å². The van der Waals surface area contributed by atoms with Crippen LogP contribution in [0.5, 0.6) is 5.75 Å². The van der Waals surface area contributed by atoms with Crippen LogP contribution < -0.4 is 33.3 Å². The Balaban J connectivity index is 0.00000133. The fourth-order valence-electron chi connectivity index (χ4n) is 1.96.